The Hall–Kier alpha value is -3.22. The van der Waals surface area contributed by atoms with Gasteiger partial charge < -0.3 is 10.2 Å². The molecule has 1 heterocycles. The van der Waals surface area contributed by atoms with Crippen molar-refractivity contribution in [2.24, 2.45) is 0 Å². The molecular formula is C19H19N3O4. The van der Waals surface area contributed by atoms with E-state index in [1.165, 1.54) is 12.1 Å². The number of carbonyl (C=O) groups excluding carboxylic acids is 2. The van der Waals surface area contributed by atoms with Crippen LogP contribution >= 0.6 is 0 Å². The van der Waals surface area contributed by atoms with Gasteiger partial charge in [0.2, 0.25) is 5.91 Å². The van der Waals surface area contributed by atoms with Gasteiger partial charge in [-0.2, -0.15) is 0 Å². The van der Waals surface area contributed by atoms with E-state index in [4.69, 9.17) is 0 Å². The number of nitrogens with zero attached hydrogens (tertiary/aromatic N) is 2. The molecule has 26 heavy (non-hydrogen) atoms. The molecule has 2 amide bonds. The number of benzene rings is 2. The molecule has 2 aromatic rings. The Morgan fingerprint density at radius 2 is 1.88 bits per heavy atom. The lowest BCUT2D eigenvalue weighted by molar-refractivity contribution is -0.385. The summed E-state index contributed by atoms with van der Waals surface area (Å²) >= 11 is 0. The van der Waals surface area contributed by atoms with Gasteiger partial charge in [-0.15, -0.1) is 0 Å². The number of nitrogens with one attached hydrogen (secondary N) is 1. The van der Waals surface area contributed by atoms with Crippen molar-refractivity contribution in [2.75, 3.05) is 16.8 Å². The molecule has 0 bridgehead atoms. The molecule has 0 aliphatic carbocycles. The van der Waals surface area contributed by atoms with Gasteiger partial charge in [0, 0.05) is 41.5 Å². The summed E-state index contributed by atoms with van der Waals surface area (Å²) in [4.78, 5) is 36.7. The number of anilines is 2. The van der Waals surface area contributed by atoms with Crippen molar-refractivity contribution in [3.05, 3.63) is 63.7 Å². The molecule has 1 N–H and O–H groups in total. The Balaban J connectivity index is 1.75. The number of nitro benzene ring substituents is 1. The van der Waals surface area contributed by atoms with Gasteiger partial charge in [0.25, 0.3) is 11.6 Å². The van der Waals surface area contributed by atoms with E-state index in [-0.39, 0.29) is 17.2 Å². The Bertz CT molecular complexity index is 862. The topological polar surface area (TPSA) is 92.6 Å². The lowest BCUT2D eigenvalue weighted by atomic mass is 10.1. The SMILES string of the molecule is Cc1c(C(=O)Nc2ccc(N3CCCCC3=O)cc2)cccc1[N+](=O)[O-]. The molecule has 7 nitrogen and oxygen atoms in total. The Kier molecular flexibility index (Phi) is 4.97. The fourth-order valence-electron chi connectivity index (χ4n) is 3.07. The van der Waals surface area contributed by atoms with Gasteiger partial charge in [-0.3, -0.25) is 19.7 Å². The van der Waals surface area contributed by atoms with Crippen molar-refractivity contribution >= 4 is 28.9 Å². The summed E-state index contributed by atoms with van der Waals surface area (Å²) in [6.45, 7) is 2.26. The summed E-state index contributed by atoms with van der Waals surface area (Å²) in [6, 6.07) is 11.4. The van der Waals surface area contributed by atoms with Gasteiger partial charge in [-0.25, -0.2) is 0 Å². The van der Waals surface area contributed by atoms with Crippen LogP contribution in [0.5, 0.6) is 0 Å². The second-order valence-corrected chi connectivity index (χ2v) is 6.21. The van der Waals surface area contributed by atoms with Crippen LogP contribution in [0.3, 0.4) is 0 Å². The molecule has 0 radical (unpaired) electrons. The van der Waals surface area contributed by atoms with Gasteiger partial charge in [0.15, 0.2) is 0 Å². The van der Waals surface area contributed by atoms with Gasteiger partial charge in [-0.05, 0) is 50.1 Å². The predicted octanol–water partition coefficient (Wildman–Crippen LogP) is 3.67. The van der Waals surface area contributed by atoms with Crippen molar-refractivity contribution in [2.45, 2.75) is 26.2 Å². The second-order valence-electron chi connectivity index (χ2n) is 6.21. The van der Waals surface area contributed by atoms with Crippen molar-refractivity contribution in [3.8, 4) is 0 Å². The van der Waals surface area contributed by atoms with Crippen molar-refractivity contribution in [1.82, 2.24) is 0 Å². The summed E-state index contributed by atoms with van der Waals surface area (Å²) in [6.07, 6.45) is 2.47. The van der Waals surface area contributed by atoms with Crippen LogP contribution in [-0.4, -0.2) is 23.3 Å². The van der Waals surface area contributed by atoms with E-state index in [0.29, 0.717) is 24.2 Å². The quantitative estimate of drug-likeness (QED) is 0.670. The molecule has 0 spiro atoms. The lowest BCUT2D eigenvalue weighted by Crippen LogP contribution is -2.35. The molecule has 134 valence electrons. The average molecular weight is 353 g/mol. The van der Waals surface area contributed by atoms with Crippen LogP contribution in [-0.2, 0) is 4.79 Å². The van der Waals surface area contributed by atoms with Crippen LogP contribution < -0.4 is 10.2 Å². The molecular weight excluding hydrogens is 334 g/mol. The zero-order chi connectivity index (χ0) is 18.7. The molecule has 0 unspecified atom stereocenters. The number of carbonyl (C=O) groups is 2. The van der Waals surface area contributed by atoms with E-state index in [1.54, 1.807) is 42.2 Å². The Morgan fingerprint density at radius 1 is 1.15 bits per heavy atom. The molecule has 0 aromatic heterocycles. The van der Waals surface area contributed by atoms with Crippen LogP contribution in [0.15, 0.2) is 42.5 Å². The molecule has 1 saturated heterocycles. The maximum atomic E-state index is 12.5. The molecule has 2 aromatic carbocycles. The third-order valence-electron chi connectivity index (χ3n) is 4.51. The molecule has 1 aliphatic heterocycles. The fourth-order valence-corrected chi connectivity index (χ4v) is 3.07. The molecule has 1 aliphatic rings. The number of hydrogen-bond donors (Lipinski definition) is 1. The summed E-state index contributed by atoms with van der Waals surface area (Å²) in [5, 5.41) is 13.8. The predicted molar refractivity (Wildman–Crippen MR) is 98.4 cm³/mol. The van der Waals surface area contributed by atoms with Gasteiger partial charge in [0.05, 0.1) is 4.92 Å². The van der Waals surface area contributed by atoms with E-state index >= 15 is 0 Å². The molecule has 3 rings (SSSR count). The van der Waals surface area contributed by atoms with E-state index in [1.807, 2.05) is 0 Å². The first kappa shape index (κ1) is 17.6. The van der Waals surface area contributed by atoms with Crippen molar-refractivity contribution < 1.29 is 14.5 Å². The highest BCUT2D eigenvalue weighted by molar-refractivity contribution is 6.06. The number of amides is 2. The second kappa shape index (κ2) is 7.35. The first-order chi connectivity index (χ1) is 12.5. The minimum atomic E-state index is -0.503. The summed E-state index contributed by atoms with van der Waals surface area (Å²) in [5.74, 6) is -0.298. The van der Waals surface area contributed by atoms with Crippen molar-refractivity contribution in [3.63, 3.8) is 0 Å². The first-order valence-corrected chi connectivity index (χ1v) is 8.43. The Morgan fingerprint density at radius 3 is 2.54 bits per heavy atom. The highest BCUT2D eigenvalue weighted by Gasteiger charge is 2.20. The summed E-state index contributed by atoms with van der Waals surface area (Å²) in [7, 11) is 0. The molecule has 1 fully saturated rings. The maximum absolute atomic E-state index is 12.5. The maximum Gasteiger partial charge on any atom is 0.273 e. The standard InChI is InChI=1S/C19H19N3O4/c1-13-16(5-4-6-17(13)22(25)26)19(24)20-14-8-10-15(11-9-14)21-12-3-2-7-18(21)23/h4-6,8-11H,2-3,7,12H2,1H3,(H,20,24). The van der Waals surface area contributed by atoms with E-state index in [2.05, 4.69) is 5.32 Å². The van der Waals surface area contributed by atoms with Gasteiger partial charge >= 0.3 is 0 Å². The lowest BCUT2D eigenvalue weighted by Gasteiger charge is -2.26. The van der Waals surface area contributed by atoms with Crippen LogP contribution in [0.4, 0.5) is 17.1 Å². The number of piperidine rings is 1. The van der Waals surface area contributed by atoms with E-state index < -0.39 is 10.8 Å². The molecule has 7 heteroatoms. The van der Waals surface area contributed by atoms with Gasteiger partial charge in [-0.1, -0.05) is 6.07 Å². The van der Waals surface area contributed by atoms with Crippen molar-refractivity contribution in [1.29, 1.82) is 0 Å². The monoisotopic (exact) mass is 353 g/mol. The normalized spacial score (nSPS) is 14.2. The highest BCUT2D eigenvalue weighted by Crippen LogP contribution is 2.24. The van der Waals surface area contributed by atoms with Crippen LogP contribution in [0, 0.1) is 17.0 Å². The zero-order valence-corrected chi connectivity index (χ0v) is 14.4. The third kappa shape index (κ3) is 3.56. The number of hydrogen-bond acceptors (Lipinski definition) is 4. The minimum Gasteiger partial charge on any atom is -0.322 e. The first-order valence-electron chi connectivity index (χ1n) is 8.43. The minimum absolute atomic E-state index is 0.0865. The average Bonchev–Trinajstić information content (AvgIpc) is 2.63. The smallest absolute Gasteiger partial charge is 0.273 e. The van der Waals surface area contributed by atoms with E-state index in [0.717, 1.165) is 18.5 Å². The molecule has 0 atom stereocenters. The van der Waals surface area contributed by atoms with Crippen LogP contribution in [0.2, 0.25) is 0 Å². The zero-order valence-electron chi connectivity index (χ0n) is 14.4. The fraction of sp³-hybridized carbons (Fsp3) is 0.263. The summed E-state index contributed by atoms with van der Waals surface area (Å²) in [5.41, 5.74) is 1.87. The number of rotatable bonds is 4. The van der Waals surface area contributed by atoms with E-state index in [9.17, 15) is 19.7 Å². The summed E-state index contributed by atoms with van der Waals surface area (Å²) < 4.78 is 0. The molecule has 0 saturated carbocycles. The largest absolute Gasteiger partial charge is 0.322 e. The third-order valence-corrected chi connectivity index (χ3v) is 4.51. The van der Waals surface area contributed by atoms with Gasteiger partial charge in [0.1, 0.15) is 0 Å². The number of nitro groups is 1. The Labute approximate surface area is 150 Å². The van der Waals surface area contributed by atoms with Crippen LogP contribution in [0.25, 0.3) is 0 Å². The van der Waals surface area contributed by atoms with Crippen LogP contribution in [0.1, 0.15) is 35.2 Å². The highest BCUT2D eigenvalue weighted by atomic mass is 16.6.